The average molecular weight is 530 g/mol. The number of rotatable bonds is 5. The van der Waals surface area contributed by atoms with Crippen molar-refractivity contribution in [2.45, 2.75) is 50.9 Å². The Labute approximate surface area is 214 Å². The Kier molecular flexibility index (Phi) is 6.76. The molecule has 0 fully saturated rings. The minimum Gasteiger partial charge on any atom is -0.465 e. The van der Waals surface area contributed by atoms with E-state index in [0.29, 0.717) is 11.1 Å². The Morgan fingerprint density at radius 1 is 1.08 bits per heavy atom. The SMILES string of the molecule is CN(Cc1cc(-c2ccccc2F)n(S(=O)(=O)c2ccc3c(c2)CN(C(=O)O)C3)c1)C(=O)OC(C)(C)C. The first-order valence-corrected chi connectivity index (χ1v) is 13.0. The van der Waals surface area contributed by atoms with Gasteiger partial charge in [0, 0.05) is 31.9 Å². The monoisotopic (exact) mass is 529 g/mol. The molecule has 0 spiro atoms. The fraction of sp³-hybridized carbons (Fsp3) is 0.308. The van der Waals surface area contributed by atoms with E-state index in [1.807, 2.05) is 0 Å². The number of hydrogen-bond acceptors (Lipinski definition) is 5. The predicted octanol–water partition coefficient (Wildman–Crippen LogP) is 4.89. The molecule has 0 saturated heterocycles. The highest BCUT2D eigenvalue weighted by atomic mass is 32.2. The summed E-state index contributed by atoms with van der Waals surface area (Å²) in [7, 11) is -2.68. The number of benzene rings is 2. The van der Waals surface area contributed by atoms with Crippen LogP contribution in [0.15, 0.2) is 59.6 Å². The molecule has 0 unspecified atom stereocenters. The van der Waals surface area contributed by atoms with Crippen LogP contribution in [0.25, 0.3) is 11.3 Å². The smallest absolute Gasteiger partial charge is 0.410 e. The van der Waals surface area contributed by atoms with Crippen molar-refractivity contribution in [2.75, 3.05) is 7.05 Å². The first kappa shape index (κ1) is 26.2. The Balaban J connectivity index is 1.75. The maximum absolute atomic E-state index is 14.8. The molecule has 0 bridgehead atoms. The van der Waals surface area contributed by atoms with Crippen molar-refractivity contribution in [3.05, 3.63) is 77.2 Å². The molecule has 0 atom stereocenters. The van der Waals surface area contributed by atoms with Gasteiger partial charge in [-0.3, -0.25) is 4.90 Å². The summed E-state index contributed by atoms with van der Waals surface area (Å²) in [6.45, 7) is 5.50. The standard InChI is InChI=1S/C26H28FN3O6S/c1-26(2,3)36-25(33)28(4)13-17-11-23(21-7-5-6-8-22(21)27)30(14-17)37(34,35)20-10-9-18-15-29(24(31)32)16-19(18)12-20/h5-12,14H,13,15-16H2,1-4H3,(H,31,32). The zero-order chi connectivity index (χ0) is 27.1. The van der Waals surface area contributed by atoms with E-state index in [0.717, 1.165) is 9.54 Å². The third-order valence-corrected chi connectivity index (χ3v) is 7.51. The first-order valence-electron chi connectivity index (χ1n) is 11.5. The molecule has 2 aromatic carbocycles. The fourth-order valence-corrected chi connectivity index (χ4v) is 5.55. The number of nitrogens with zero attached hydrogens (tertiary/aromatic N) is 3. The Morgan fingerprint density at radius 2 is 1.76 bits per heavy atom. The summed E-state index contributed by atoms with van der Waals surface area (Å²) in [6, 6.07) is 11.8. The van der Waals surface area contributed by atoms with E-state index in [9.17, 15) is 27.5 Å². The first-order chi connectivity index (χ1) is 17.3. The van der Waals surface area contributed by atoms with Crippen LogP contribution in [0.4, 0.5) is 14.0 Å². The molecule has 0 saturated carbocycles. The number of amides is 2. The molecule has 1 N–H and O–H groups in total. The van der Waals surface area contributed by atoms with Crippen LogP contribution < -0.4 is 0 Å². The Bertz CT molecular complexity index is 1480. The minimum absolute atomic E-state index is 0.0244. The molecule has 2 heterocycles. The van der Waals surface area contributed by atoms with E-state index < -0.39 is 33.6 Å². The van der Waals surface area contributed by atoms with Crippen molar-refractivity contribution in [1.29, 1.82) is 0 Å². The lowest BCUT2D eigenvalue weighted by Crippen LogP contribution is -2.33. The highest BCUT2D eigenvalue weighted by Crippen LogP contribution is 2.32. The van der Waals surface area contributed by atoms with Crippen molar-refractivity contribution in [3.8, 4) is 11.3 Å². The summed E-state index contributed by atoms with van der Waals surface area (Å²) in [4.78, 5) is 26.2. The number of carboxylic acid groups (broad SMARTS) is 1. The number of halogens is 1. The number of carbonyl (C=O) groups excluding carboxylic acids is 1. The van der Waals surface area contributed by atoms with Gasteiger partial charge in [-0.25, -0.2) is 26.4 Å². The lowest BCUT2D eigenvalue weighted by atomic mass is 10.1. The normalized spacial score (nSPS) is 13.4. The Hall–Kier alpha value is -3.86. The van der Waals surface area contributed by atoms with Crippen LogP contribution in [0.5, 0.6) is 0 Å². The van der Waals surface area contributed by atoms with Crippen LogP contribution in [-0.4, -0.2) is 52.1 Å². The number of fused-ring (bicyclic) bond motifs is 1. The summed E-state index contributed by atoms with van der Waals surface area (Å²) in [5.74, 6) is -0.602. The summed E-state index contributed by atoms with van der Waals surface area (Å²) in [5.41, 5.74) is 1.24. The molecule has 1 aliphatic heterocycles. The summed E-state index contributed by atoms with van der Waals surface area (Å²) in [5, 5.41) is 9.29. The van der Waals surface area contributed by atoms with Crippen molar-refractivity contribution >= 4 is 22.2 Å². The lowest BCUT2D eigenvalue weighted by molar-refractivity contribution is 0.0285. The maximum atomic E-state index is 14.8. The number of carbonyl (C=O) groups is 2. The molecular weight excluding hydrogens is 501 g/mol. The fourth-order valence-electron chi connectivity index (χ4n) is 4.11. The van der Waals surface area contributed by atoms with Crippen LogP contribution in [0, 0.1) is 5.82 Å². The van der Waals surface area contributed by atoms with E-state index in [1.54, 1.807) is 32.9 Å². The minimum atomic E-state index is -4.21. The van der Waals surface area contributed by atoms with Gasteiger partial charge in [0.2, 0.25) is 0 Å². The van der Waals surface area contributed by atoms with Crippen LogP contribution in [-0.2, 0) is 34.4 Å². The summed E-state index contributed by atoms with van der Waals surface area (Å²) in [6.07, 6.45) is -0.321. The van der Waals surface area contributed by atoms with Gasteiger partial charge in [-0.2, -0.15) is 0 Å². The third kappa shape index (κ3) is 5.46. The zero-order valence-electron chi connectivity index (χ0n) is 20.9. The van der Waals surface area contributed by atoms with Gasteiger partial charge in [0.15, 0.2) is 0 Å². The molecule has 0 radical (unpaired) electrons. The highest BCUT2D eigenvalue weighted by molar-refractivity contribution is 7.90. The zero-order valence-corrected chi connectivity index (χ0v) is 21.8. The molecule has 2 amide bonds. The van der Waals surface area contributed by atoms with Crippen molar-refractivity contribution in [3.63, 3.8) is 0 Å². The number of aromatic nitrogens is 1. The van der Waals surface area contributed by atoms with E-state index in [2.05, 4.69) is 0 Å². The van der Waals surface area contributed by atoms with Crippen LogP contribution >= 0.6 is 0 Å². The summed E-state index contributed by atoms with van der Waals surface area (Å²) < 4.78 is 48.7. The maximum Gasteiger partial charge on any atom is 0.410 e. The van der Waals surface area contributed by atoms with Gasteiger partial charge >= 0.3 is 12.2 Å². The third-order valence-electron chi connectivity index (χ3n) is 5.84. The molecular formula is C26H28FN3O6S. The van der Waals surface area contributed by atoms with Crippen LogP contribution in [0.3, 0.4) is 0 Å². The van der Waals surface area contributed by atoms with E-state index >= 15 is 0 Å². The average Bonchev–Trinajstić information content (AvgIpc) is 3.42. The van der Waals surface area contributed by atoms with E-state index in [1.165, 1.54) is 59.4 Å². The molecule has 196 valence electrons. The van der Waals surface area contributed by atoms with Crippen LogP contribution in [0.1, 0.15) is 37.5 Å². The van der Waals surface area contributed by atoms with Crippen molar-refractivity contribution < 1.29 is 32.2 Å². The van der Waals surface area contributed by atoms with Gasteiger partial charge in [0.25, 0.3) is 10.0 Å². The van der Waals surface area contributed by atoms with Crippen LogP contribution in [0.2, 0.25) is 0 Å². The highest BCUT2D eigenvalue weighted by Gasteiger charge is 2.28. The second-order valence-electron chi connectivity index (χ2n) is 9.92. The lowest BCUT2D eigenvalue weighted by Gasteiger charge is -2.24. The van der Waals surface area contributed by atoms with Gasteiger partial charge in [-0.05, 0) is 67.8 Å². The van der Waals surface area contributed by atoms with Gasteiger partial charge in [0.1, 0.15) is 11.4 Å². The Morgan fingerprint density at radius 3 is 2.41 bits per heavy atom. The largest absolute Gasteiger partial charge is 0.465 e. The second kappa shape index (κ2) is 9.55. The summed E-state index contributed by atoms with van der Waals surface area (Å²) >= 11 is 0. The topological polar surface area (TPSA) is 109 Å². The van der Waals surface area contributed by atoms with E-state index in [-0.39, 0.29) is 35.8 Å². The van der Waals surface area contributed by atoms with Crippen molar-refractivity contribution in [2.24, 2.45) is 0 Å². The predicted molar refractivity (Wildman–Crippen MR) is 134 cm³/mol. The molecule has 9 nitrogen and oxygen atoms in total. The van der Waals surface area contributed by atoms with Crippen molar-refractivity contribution in [1.82, 2.24) is 13.8 Å². The molecule has 4 rings (SSSR count). The molecule has 11 heteroatoms. The number of hydrogen-bond donors (Lipinski definition) is 1. The van der Waals surface area contributed by atoms with E-state index in [4.69, 9.17) is 4.74 Å². The molecule has 37 heavy (non-hydrogen) atoms. The van der Waals surface area contributed by atoms with Gasteiger partial charge in [-0.1, -0.05) is 18.2 Å². The van der Waals surface area contributed by atoms with Gasteiger partial charge in [-0.15, -0.1) is 0 Å². The molecule has 3 aromatic rings. The quantitative estimate of drug-likeness (QED) is 0.504. The second-order valence-corrected chi connectivity index (χ2v) is 11.7. The van der Waals surface area contributed by atoms with Gasteiger partial charge < -0.3 is 14.7 Å². The molecule has 1 aliphatic rings. The molecule has 0 aliphatic carbocycles. The van der Waals surface area contributed by atoms with Gasteiger partial charge in [0.05, 0.1) is 17.1 Å². The number of ether oxygens (including phenoxy) is 1. The molecule has 1 aromatic heterocycles.